The Balaban J connectivity index is 1.44. The zero-order valence-corrected chi connectivity index (χ0v) is 17.7. The van der Waals surface area contributed by atoms with E-state index in [0.29, 0.717) is 48.0 Å². The highest BCUT2D eigenvalue weighted by atomic mass is 32.1. The van der Waals surface area contributed by atoms with Gasteiger partial charge in [-0.25, -0.2) is 4.98 Å². The fourth-order valence-electron chi connectivity index (χ4n) is 3.12. The molecule has 9 nitrogen and oxygen atoms in total. The van der Waals surface area contributed by atoms with E-state index in [1.807, 2.05) is 22.9 Å². The number of methoxy groups -OCH3 is 1. The summed E-state index contributed by atoms with van der Waals surface area (Å²) in [6.07, 6.45) is 0.508. The number of nitrogens with zero attached hydrogens (tertiary/aromatic N) is 4. The second kappa shape index (κ2) is 9.63. The van der Waals surface area contributed by atoms with Gasteiger partial charge in [-0.1, -0.05) is 17.3 Å². The lowest BCUT2D eigenvalue weighted by atomic mass is 10.2. The molecule has 0 aliphatic carbocycles. The highest BCUT2D eigenvalue weighted by Gasteiger charge is 2.18. The van der Waals surface area contributed by atoms with Crippen LogP contribution in [-0.2, 0) is 22.5 Å². The lowest BCUT2D eigenvalue weighted by Crippen LogP contribution is -2.34. The van der Waals surface area contributed by atoms with Crippen molar-refractivity contribution in [2.75, 3.05) is 20.3 Å². The fraction of sp³-hybridized carbons (Fsp3) is 0.286. The average molecular weight is 439 g/mol. The molecule has 0 fully saturated rings. The van der Waals surface area contributed by atoms with Crippen molar-refractivity contribution >= 4 is 28.1 Å². The number of fused-ring (bicyclic) bond motifs is 1. The van der Waals surface area contributed by atoms with Crippen LogP contribution >= 0.6 is 11.3 Å². The quantitative estimate of drug-likeness (QED) is 0.426. The molecule has 0 unspecified atom stereocenters. The van der Waals surface area contributed by atoms with Gasteiger partial charge in [0.2, 0.25) is 17.6 Å². The topological polar surface area (TPSA) is 114 Å². The number of benzene rings is 1. The first-order valence-corrected chi connectivity index (χ1v) is 10.7. The SMILES string of the molecule is COCCN(Cc1nc2ccccc2c(=O)[nH]1)C(=O)CCc1nc(-c2ccsc2)no1. The Kier molecular flexibility index (Phi) is 6.48. The normalized spacial score (nSPS) is 11.1. The van der Waals surface area contributed by atoms with Gasteiger partial charge in [-0.2, -0.15) is 16.3 Å². The molecule has 31 heavy (non-hydrogen) atoms. The van der Waals surface area contributed by atoms with Crippen LogP contribution in [0, 0.1) is 0 Å². The van der Waals surface area contributed by atoms with Crippen molar-refractivity contribution in [1.29, 1.82) is 0 Å². The van der Waals surface area contributed by atoms with Crippen molar-refractivity contribution in [2.24, 2.45) is 0 Å². The molecule has 0 spiro atoms. The van der Waals surface area contributed by atoms with Gasteiger partial charge in [-0.15, -0.1) is 0 Å². The van der Waals surface area contributed by atoms with Gasteiger partial charge in [0.25, 0.3) is 5.56 Å². The van der Waals surface area contributed by atoms with Crippen LogP contribution in [0.1, 0.15) is 18.1 Å². The molecule has 3 heterocycles. The summed E-state index contributed by atoms with van der Waals surface area (Å²) < 4.78 is 10.4. The Hall–Kier alpha value is -3.37. The number of aromatic nitrogens is 4. The van der Waals surface area contributed by atoms with Gasteiger partial charge in [0, 0.05) is 37.4 Å². The van der Waals surface area contributed by atoms with Gasteiger partial charge in [-0.3, -0.25) is 9.59 Å². The molecule has 0 saturated carbocycles. The van der Waals surface area contributed by atoms with Crippen molar-refractivity contribution in [1.82, 2.24) is 25.0 Å². The van der Waals surface area contributed by atoms with Crippen LogP contribution in [0.15, 0.2) is 50.4 Å². The maximum absolute atomic E-state index is 12.9. The van der Waals surface area contributed by atoms with Crippen LogP contribution in [0.4, 0.5) is 0 Å². The molecule has 4 aromatic rings. The number of thiophene rings is 1. The van der Waals surface area contributed by atoms with Crippen molar-refractivity contribution in [3.8, 4) is 11.4 Å². The van der Waals surface area contributed by atoms with Crippen LogP contribution in [0.3, 0.4) is 0 Å². The van der Waals surface area contributed by atoms with E-state index in [-0.39, 0.29) is 24.4 Å². The van der Waals surface area contributed by atoms with Crippen molar-refractivity contribution in [3.05, 3.63) is 63.2 Å². The van der Waals surface area contributed by atoms with E-state index in [1.54, 1.807) is 41.5 Å². The molecular formula is C21H21N5O4S. The first kappa shape index (κ1) is 20.9. The maximum atomic E-state index is 12.9. The monoisotopic (exact) mass is 439 g/mol. The molecule has 0 radical (unpaired) electrons. The summed E-state index contributed by atoms with van der Waals surface area (Å²) in [6.45, 7) is 0.911. The number of carbonyl (C=O) groups excluding carboxylic acids is 1. The van der Waals surface area contributed by atoms with Crippen LogP contribution < -0.4 is 5.56 Å². The number of carbonyl (C=O) groups is 1. The zero-order valence-electron chi connectivity index (χ0n) is 16.9. The number of amides is 1. The molecule has 160 valence electrons. The third-order valence-electron chi connectivity index (χ3n) is 4.72. The lowest BCUT2D eigenvalue weighted by Gasteiger charge is -2.21. The summed E-state index contributed by atoms with van der Waals surface area (Å²) in [4.78, 5) is 38.4. The molecule has 3 aromatic heterocycles. The minimum Gasteiger partial charge on any atom is -0.383 e. The predicted molar refractivity (Wildman–Crippen MR) is 116 cm³/mol. The molecule has 0 aliphatic rings. The Morgan fingerprint density at radius 3 is 2.94 bits per heavy atom. The van der Waals surface area contributed by atoms with Gasteiger partial charge < -0.3 is 19.1 Å². The predicted octanol–water partition coefficient (Wildman–Crippen LogP) is 2.64. The lowest BCUT2D eigenvalue weighted by molar-refractivity contribution is -0.132. The Bertz CT molecular complexity index is 1220. The largest absolute Gasteiger partial charge is 0.383 e. The van der Waals surface area contributed by atoms with Gasteiger partial charge in [0.15, 0.2) is 0 Å². The van der Waals surface area contributed by atoms with E-state index in [2.05, 4.69) is 20.1 Å². The van der Waals surface area contributed by atoms with Crippen LogP contribution in [0.5, 0.6) is 0 Å². The van der Waals surface area contributed by atoms with Gasteiger partial charge in [0.05, 0.1) is 24.1 Å². The Morgan fingerprint density at radius 2 is 2.13 bits per heavy atom. The van der Waals surface area contributed by atoms with Crippen molar-refractivity contribution in [2.45, 2.75) is 19.4 Å². The van der Waals surface area contributed by atoms with Gasteiger partial charge >= 0.3 is 0 Å². The number of aryl methyl sites for hydroxylation is 1. The Morgan fingerprint density at radius 1 is 1.26 bits per heavy atom. The van der Waals surface area contributed by atoms with Gasteiger partial charge in [0.1, 0.15) is 5.82 Å². The van der Waals surface area contributed by atoms with Crippen molar-refractivity contribution < 1.29 is 14.1 Å². The third kappa shape index (κ3) is 5.04. The standard InChI is InChI=1S/C21H21N5O4S/c1-29-10-9-26(12-17-22-16-5-3-2-4-15(16)21(28)23-17)19(27)7-6-18-24-20(25-30-18)14-8-11-31-13-14/h2-5,8,11,13H,6-7,9-10,12H2,1H3,(H,22,23,28). The van der Waals surface area contributed by atoms with Crippen LogP contribution in [0.25, 0.3) is 22.3 Å². The second-order valence-corrected chi connectivity index (χ2v) is 7.64. The Labute approximate surface area is 181 Å². The van der Waals surface area contributed by atoms with E-state index in [4.69, 9.17) is 9.26 Å². The molecule has 0 bridgehead atoms. The highest BCUT2D eigenvalue weighted by molar-refractivity contribution is 7.08. The number of aromatic amines is 1. The first-order valence-electron chi connectivity index (χ1n) is 9.74. The number of hydrogen-bond acceptors (Lipinski definition) is 8. The maximum Gasteiger partial charge on any atom is 0.258 e. The second-order valence-electron chi connectivity index (χ2n) is 6.86. The average Bonchev–Trinajstić information content (AvgIpc) is 3.47. The number of nitrogens with one attached hydrogen (secondary N) is 1. The third-order valence-corrected chi connectivity index (χ3v) is 5.40. The summed E-state index contributed by atoms with van der Waals surface area (Å²) in [5.41, 5.74) is 1.25. The highest BCUT2D eigenvalue weighted by Crippen LogP contribution is 2.19. The molecule has 1 aromatic carbocycles. The number of hydrogen-bond donors (Lipinski definition) is 1. The summed E-state index contributed by atoms with van der Waals surface area (Å²) in [7, 11) is 1.57. The van der Waals surface area contributed by atoms with Crippen LogP contribution in [0.2, 0.25) is 0 Å². The minimum atomic E-state index is -0.230. The molecule has 0 aliphatic heterocycles. The summed E-state index contributed by atoms with van der Waals surface area (Å²) >= 11 is 1.55. The molecule has 0 atom stereocenters. The number of rotatable bonds is 9. The first-order chi connectivity index (χ1) is 15.1. The summed E-state index contributed by atoms with van der Waals surface area (Å²) in [5.74, 6) is 1.21. The minimum absolute atomic E-state index is 0.122. The molecule has 0 saturated heterocycles. The van der Waals surface area contributed by atoms with Gasteiger partial charge in [-0.05, 0) is 23.6 Å². The van der Waals surface area contributed by atoms with E-state index in [0.717, 1.165) is 5.56 Å². The van der Waals surface area contributed by atoms with Crippen molar-refractivity contribution in [3.63, 3.8) is 0 Å². The molecule has 1 N–H and O–H groups in total. The molecular weight excluding hydrogens is 418 g/mol. The summed E-state index contributed by atoms with van der Waals surface area (Å²) in [6, 6.07) is 9.01. The van der Waals surface area contributed by atoms with E-state index in [9.17, 15) is 9.59 Å². The molecule has 4 rings (SSSR count). The zero-order chi connectivity index (χ0) is 21.6. The number of para-hydroxylation sites is 1. The molecule has 1 amide bonds. The molecule has 10 heteroatoms. The smallest absolute Gasteiger partial charge is 0.258 e. The van der Waals surface area contributed by atoms with E-state index < -0.39 is 0 Å². The fourth-order valence-corrected chi connectivity index (χ4v) is 3.76. The number of ether oxygens (including phenoxy) is 1. The van der Waals surface area contributed by atoms with E-state index in [1.165, 1.54) is 0 Å². The van der Waals surface area contributed by atoms with E-state index >= 15 is 0 Å². The number of H-pyrrole nitrogens is 1. The van der Waals surface area contributed by atoms with Crippen LogP contribution in [-0.4, -0.2) is 51.2 Å². The summed E-state index contributed by atoms with van der Waals surface area (Å²) in [5, 5.41) is 8.35.